The Bertz CT molecular complexity index is 1420. The number of halogens is 17. The number of carbonyl (C=O) groups is 3. The second-order valence-corrected chi connectivity index (χ2v) is 10.5. The van der Waals surface area contributed by atoms with E-state index in [0.717, 1.165) is 24.3 Å². The maximum absolute atomic E-state index is 12.8. The minimum absolute atomic E-state index is 0.00917. The van der Waals surface area contributed by atoms with Gasteiger partial charge in [-0.15, -0.1) is 0 Å². The van der Waals surface area contributed by atoms with Gasteiger partial charge in [-0.2, -0.15) is 39.5 Å². The zero-order valence-corrected chi connectivity index (χ0v) is 25.5. The van der Waals surface area contributed by atoms with Gasteiger partial charge in [0.2, 0.25) is 0 Å². The normalized spacial score (nSPS) is 11.6. The third kappa shape index (κ3) is 11.7. The molecule has 0 aliphatic carbocycles. The van der Waals surface area contributed by atoms with Crippen LogP contribution >= 0.6 is 81.2 Å². The Labute approximate surface area is 274 Å². The van der Waals surface area contributed by atoms with Crippen molar-refractivity contribution in [2.45, 2.75) is 18.5 Å². The highest BCUT2D eigenvalue weighted by Crippen LogP contribution is 2.34. The number of rotatable bonds is 3. The van der Waals surface area contributed by atoms with E-state index in [2.05, 4.69) is 0 Å². The Morgan fingerprint density at radius 1 is 0.432 bits per heavy atom. The van der Waals surface area contributed by atoms with E-state index in [1.807, 2.05) is 0 Å². The molecule has 20 heteroatoms. The number of carbonyl (C=O) groups excluding carboxylic acids is 3. The molecule has 0 aliphatic heterocycles. The maximum atomic E-state index is 12.8. The molecule has 44 heavy (non-hydrogen) atoms. The van der Waals surface area contributed by atoms with E-state index < -0.39 is 68.4 Å². The van der Waals surface area contributed by atoms with Crippen LogP contribution in [0.2, 0.25) is 35.2 Å². The van der Waals surface area contributed by atoms with Crippen LogP contribution in [0.15, 0.2) is 42.5 Å². The highest BCUT2D eigenvalue weighted by atomic mass is 35.5. The van der Waals surface area contributed by atoms with Crippen molar-refractivity contribution in [3.63, 3.8) is 0 Å². The fourth-order valence-corrected chi connectivity index (χ4v) is 4.16. The fourth-order valence-electron chi connectivity index (χ4n) is 2.55. The lowest BCUT2D eigenvalue weighted by atomic mass is 10.1. The predicted molar refractivity (Wildman–Crippen MR) is 146 cm³/mol. The summed E-state index contributed by atoms with van der Waals surface area (Å²) < 4.78 is 121. The summed E-state index contributed by atoms with van der Waals surface area (Å²) in [5, 5.41) is -1.76. The van der Waals surface area contributed by atoms with Gasteiger partial charge in [-0.3, -0.25) is 14.4 Å². The van der Waals surface area contributed by atoms with Crippen molar-refractivity contribution >= 4 is 98.6 Å². The van der Waals surface area contributed by atoms with E-state index in [4.69, 9.17) is 81.2 Å². The van der Waals surface area contributed by atoms with Crippen LogP contribution in [-0.4, -0.2) is 35.9 Å². The summed E-state index contributed by atoms with van der Waals surface area (Å²) >= 11 is 37.8. The average Bonchev–Trinajstić information content (AvgIpc) is 2.87. The standard InChI is InChI=1S/C8H2Cl3F3O.C8H2Cl2F4O.C8H3Cl2F3O/c2*9-4-1-3(2-5(10)6(4)11)7(15)8(12,13)14;9-5-1-4(2-6(10)3-5)7(14)8(11,12)13/h2*1-2H;1-3H. The zero-order chi connectivity index (χ0) is 34.5. The van der Waals surface area contributed by atoms with Gasteiger partial charge in [0.25, 0.3) is 17.3 Å². The summed E-state index contributed by atoms with van der Waals surface area (Å²) in [6.45, 7) is 0. The lowest BCUT2D eigenvalue weighted by Gasteiger charge is -2.07. The van der Waals surface area contributed by atoms with E-state index >= 15 is 0 Å². The van der Waals surface area contributed by atoms with Crippen molar-refractivity contribution in [3.8, 4) is 0 Å². The van der Waals surface area contributed by atoms with Crippen LogP contribution < -0.4 is 0 Å². The quantitative estimate of drug-likeness (QED) is 0.151. The van der Waals surface area contributed by atoms with Crippen LogP contribution in [0.3, 0.4) is 0 Å². The Morgan fingerprint density at radius 2 is 0.682 bits per heavy atom. The molecule has 3 aromatic rings. The molecule has 0 spiro atoms. The number of Topliss-reactive ketones (excluding diaryl/α,β-unsaturated/α-hetero) is 3. The van der Waals surface area contributed by atoms with E-state index in [0.29, 0.717) is 12.1 Å². The van der Waals surface area contributed by atoms with Gasteiger partial charge in [0.1, 0.15) is 0 Å². The van der Waals surface area contributed by atoms with Gasteiger partial charge < -0.3 is 0 Å². The van der Waals surface area contributed by atoms with Crippen LogP contribution in [0, 0.1) is 5.82 Å². The molecule has 0 heterocycles. The van der Waals surface area contributed by atoms with E-state index in [-0.39, 0.29) is 25.1 Å². The van der Waals surface area contributed by atoms with Crippen molar-refractivity contribution < 1.29 is 58.3 Å². The first-order valence-electron chi connectivity index (χ1n) is 10.4. The van der Waals surface area contributed by atoms with E-state index in [1.165, 1.54) is 6.07 Å². The molecule has 0 aliphatic rings. The SMILES string of the molecule is O=C(c1cc(Cl)c(Cl)c(Cl)c1)C(F)(F)F.O=C(c1cc(Cl)c(F)c(Cl)c1)C(F)(F)F.O=C(c1cc(Cl)cc(Cl)c1)C(F)(F)F. The molecule has 3 aromatic carbocycles. The van der Waals surface area contributed by atoms with E-state index in [1.54, 1.807) is 0 Å². The average molecular weight is 781 g/mol. The van der Waals surface area contributed by atoms with Crippen molar-refractivity contribution in [1.29, 1.82) is 0 Å². The van der Waals surface area contributed by atoms with Gasteiger partial charge in [0, 0.05) is 26.7 Å². The molecule has 0 bridgehead atoms. The third-order valence-corrected chi connectivity index (χ3v) is 6.57. The van der Waals surface area contributed by atoms with Crippen molar-refractivity contribution in [3.05, 3.63) is 100 Å². The molecule has 0 unspecified atom stereocenters. The van der Waals surface area contributed by atoms with Crippen molar-refractivity contribution in [2.24, 2.45) is 0 Å². The summed E-state index contributed by atoms with van der Waals surface area (Å²) in [4.78, 5) is 32.2. The topological polar surface area (TPSA) is 51.2 Å². The number of ketones is 3. The highest BCUT2D eigenvalue weighted by Gasteiger charge is 2.41. The van der Waals surface area contributed by atoms with Crippen LogP contribution in [0.5, 0.6) is 0 Å². The molecular formula is C24H7Cl7F10O3. The monoisotopic (exact) mass is 778 g/mol. The summed E-state index contributed by atoms with van der Waals surface area (Å²) in [6, 6.07) is 5.90. The molecule has 0 N–H and O–H groups in total. The first kappa shape index (κ1) is 40.0. The number of hydrogen-bond acceptors (Lipinski definition) is 3. The van der Waals surface area contributed by atoms with Gasteiger partial charge in [-0.05, 0) is 42.5 Å². The molecule has 240 valence electrons. The molecule has 0 atom stereocenters. The zero-order valence-electron chi connectivity index (χ0n) is 20.2. The van der Waals surface area contributed by atoms with Gasteiger partial charge in [0.05, 0.1) is 25.1 Å². The van der Waals surface area contributed by atoms with Gasteiger partial charge in [0.15, 0.2) is 5.82 Å². The molecular weight excluding hydrogens is 774 g/mol. The van der Waals surface area contributed by atoms with Crippen LogP contribution in [0.4, 0.5) is 43.9 Å². The summed E-state index contributed by atoms with van der Waals surface area (Å²) in [5.74, 6) is -7.15. The molecule has 0 radical (unpaired) electrons. The molecule has 0 saturated carbocycles. The number of hydrogen-bond donors (Lipinski definition) is 0. The van der Waals surface area contributed by atoms with Crippen LogP contribution in [0.1, 0.15) is 31.1 Å². The second-order valence-electron chi connectivity index (χ2n) is 7.65. The largest absolute Gasteiger partial charge is 0.454 e. The van der Waals surface area contributed by atoms with Crippen molar-refractivity contribution in [1.82, 2.24) is 0 Å². The fraction of sp³-hybridized carbons (Fsp3) is 0.125. The Hall–Kier alpha value is -2.00. The first-order valence-corrected chi connectivity index (χ1v) is 13.0. The smallest absolute Gasteiger partial charge is 0.284 e. The Morgan fingerprint density at radius 3 is 0.955 bits per heavy atom. The minimum atomic E-state index is -5.04. The lowest BCUT2D eigenvalue weighted by Crippen LogP contribution is -2.22. The highest BCUT2D eigenvalue weighted by molar-refractivity contribution is 6.48. The minimum Gasteiger partial charge on any atom is -0.284 e. The molecule has 0 fully saturated rings. The third-order valence-electron chi connectivity index (χ3n) is 4.39. The number of benzene rings is 3. The molecule has 0 saturated heterocycles. The lowest BCUT2D eigenvalue weighted by molar-refractivity contribution is -0.0888. The van der Waals surface area contributed by atoms with Gasteiger partial charge in [-0.1, -0.05) is 81.2 Å². The van der Waals surface area contributed by atoms with Gasteiger partial charge in [-0.25, -0.2) is 4.39 Å². The molecule has 0 aromatic heterocycles. The maximum Gasteiger partial charge on any atom is 0.454 e. The Balaban J connectivity index is 0.000000330. The summed E-state index contributed by atoms with van der Waals surface area (Å²) in [7, 11) is 0. The molecule has 3 rings (SSSR count). The second kappa shape index (κ2) is 15.5. The van der Waals surface area contributed by atoms with Crippen LogP contribution in [0.25, 0.3) is 0 Å². The van der Waals surface area contributed by atoms with E-state index in [9.17, 15) is 58.3 Å². The Kier molecular flexibility index (Phi) is 14.1. The number of alkyl halides is 9. The first-order chi connectivity index (χ1) is 19.8. The van der Waals surface area contributed by atoms with Crippen molar-refractivity contribution in [2.75, 3.05) is 0 Å². The van der Waals surface area contributed by atoms with Crippen LogP contribution in [-0.2, 0) is 0 Å². The molecule has 0 amide bonds. The summed E-state index contributed by atoms with van der Waals surface area (Å²) in [6.07, 6.45) is -14.9. The van der Waals surface area contributed by atoms with Gasteiger partial charge >= 0.3 is 18.5 Å². The molecule has 3 nitrogen and oxygen atoms in total. The predicted octanol–water partition coefficient (Wildman–Crippen LogP) is 12.0. The summed E-state index contributed by atoms with van der Waals surface area (Å²) in [5.41, 5.74) is -1.99.